The van der Waals surface area contributed by atoms with Crippen molar-refractivity contribution in [1.29, 1.82) is 0 Å². The van der Waals surface area contributed by atoms with Gasteiger partial charge in [-0.1, -0.05) is 17.9 Å². The Balaban J connectivity index is 1.93. The van der Waals surface area contributed by atoms with E-state index in [1.54, 1.807) is 0 Å². The molecule has 0 unspecified atom stereocenters. The number of hydrogen-bond donors (Lipinski definition) is 0. The van der Waals surface area contributed by atoms with Crippen molar-refractivity contribution in [1.82, 2.24) is 8.75 Å². The zero-order valence-electron chi connectivity index (χ0n) is 11.3. The number of fused-ring (bicyclic) bond motifs is 1. The second-order valence-electron chi connectivity index (χ2n) is 4.63. The highest BCUT2D eigenvalue weighted by Gasteiger charge is 2.01. The number of benzene rings is 2. The first-order valence-electron chi connectivity index (χ1n) is 6.25. The van der Waals surface area contributed by atoms with Crippen LogP contribution in [0.3, 0.4) is 0 Å². The SMILES string of the molecule is CN(C)c1ccc(C#Cc2cccc3nsnc23)cc1. The first-order valence-corrected chi connectivity index (χ1v) is 6.98. The van der Waals surface area contributed by atoms with Crippen molar-refractivity contribution >= 4 is 28.4 Å². The number of nitrogens with zero attached hydrogens (tertiary/aromatic N) is 3. The van der Waals surface area contributed by atoms with Crippen molar-refractivity contribution in [3.05, 3.63) is 53.6 Å². The van der Waals surface area contributed by atoms with Crippen LogP contribution in [0, 0.1) is 11.8 Å². The average Bonchev–Trinajstić information content (AvgIpc) is 2.94. The Kier molecular flexibility index (Phi) is 3.36. The molecule has 2 aromatic carbocycles. The Morgan fingerprint density at radius 3 is 2.50 bits per heavy atom. The van der Waals surface area contributed by atoms with E-state index in [1.807, 2.05) is 44.4 Å². The van der Waals surface area contributed by atoms with Crippen LogP contribution >= 0.6 is 11.7 Å². The Morgan fingerprint density at radius 2 is 1.75 bits per heavy atom. The summed E-state index contributed by atoms with van der Waals surface area (Å²) in [5.74, 6) is 6.36. The van der Waals surface area contributed by atoms with Crippen LogP contribution in [0.5, 0.6) is 0 Å². The van der Waals surface area contributed by atoms with Crippen molar-refractivity contribution in [3.63, 3.8) is 0 Å². The van der Waals surface area contributed by atoms with E-state index in [2.05, 4.69) is 37.6 Å². The monoisotopic (exact) mass is 279 g/mol. The number of aromatic nitrogens is 2. The van der Waals surface area contributed by atoms with Crippen LogP contribution in [-0.2, 0) is 0 Å². The van der Waals surface area contributed by atoms with Crippen molar-refractivity contribution in [2.24, 2.45) is 0 Å². The first-order chi connectivity index (χ1) is 9.74. The predicted molar refractivity (Wildman–Crippen MR) is 84.2 cm³/mol. The molecule has 0 aliphatic rings. The fraction of sp³-hybridized carbons (Fsp3) is 0.125. The molecule has 20 heavy (non-hydrogen) atoms. The van der Waals surface area contributed by atoms with Gasteiger partial charge in [0.15, 0.2) is 0 Å². The minimum atomic E-state index is 0.884. The lowest BCUT2D eigenvalue weighted by Crippen LogP contribution is -2.07. The summed E-state index contributed by atoms with van der Waals surface area (Å²) in [4.78, 5) is 2.07. The summed E-state index contributed by atoms with van der Waals surface area (Å²) in [7, 11) is 4.05. The fourth-order valence-corrected chi connectivity index (χ4v) is 2.44. The summed E-state index contributed by atoms with van der Waals surface area (Å²) >= 11 is 1.22. The molecule has 0 atom stereocenters. The van der Waals surface area contributed by atoms with Gasteiger partial charge in [-0.2, -0.15) is 8.75 Å². The van der Waals surface area contributed by atoms with Crippen LogP contribution in [0.4, 0.5) is 5.69 Å². The molecule has 0 fully saturated rings. The zero-order valence-corrected chi connectivity index (χ0v) is 12.1. The Labute approximate surface area is 122 Å². The van der Waals surface area contributed by atoms with Crippen LogP contribution in [0.25, 0.3) is 11.0 Å². The second kappa shape index (κ2) is 5.32. The molecule has 0 saturated heterocycles. The van der Waals surface area contributed by atoms with Crippen LogP contribution in [0.1, 0.15) is 11.1 Å². The average molecular weight is 279 g/mol. The van der Waals surface area contributed by atoms with Gasteiger partial charge < -0.3 is 4.90 Å². The van der Waals surface area contributed by atoms with Gasteiger partial charge in [0.25, 0.3) is 0 Å². The van der Waals surface area contributed by atoms with Crippen molar-refractivity contribution < 1.29 is 0 Å². The van der Waals surface area contributed by atoms with E-state index in [0.29, 0.717) is 0 Å². The summed E-state index contributed by atoms with van der Waals surface area (Å²) < 4.78 is 8.51. The van der Waals surface area contributed by atoms with E-state index < -0.39 is 0 Å². The standard InChI is InChI=1S/C16H13N3S/c1-19(2)14-10-7-12(8-11-14)6-9-13-4-3-5-15-16(13)18-20-17-15/h3-5,7-8,10-11H,1-2H3. The van der Waals surface area contributed by atoms with Gasteiger partial charge in [0.2, 0.25) is 0 Å². The second-order valence-corrected chi connectivity index (χ2v) is 5.16. The van der Waals surface area contributed by atoms with Gasteiger partial charge in [-0.25, -0.2) is 0 Å². The summed E-state index contributed by atoms with van der Waals surface area (Å²) in [5, 5.41) is 0. The maximum atomic E-state index is 4.29. The van der Waals surface area contributed by atoms with Gasteiger partial charge >= 0.3 is 0 Å². The van der Waals surface area contributed by atoms with Crippen LogP contribution in [0.2, 0.25) is 0 Å². The van der Waals surface area contributed by atoms with Gasteiger partial charge in [0.05, 0.1) is 17.3 Å². The third kappa shape index (κ3) is 2.49. The van der Waals surface area contributed by atoms with E-state index in [1.165, 1.54) is 17.4 Å². The lowest BCUT2D eigenvalue weighted by molar-refractivity contribution is 1.13. The van der Waals surface area contributed by atoms with E-state index in [-0.39, 0.29) is 0 Å². The lowest BCUT2D eigenvalue weighted by atomic mass is 10.1. The molecule has 0 amide bonds. The molecule has 0 N–H and O–H groups in total. The first kappa shape index (κ1) is 12.6. The Bertz CT molecular complexity index is 792. The molecule has 0 spiro atoms. The summed E-state index contributed by atoms with van der Waals surface area (Å²) in [5.41, 5.74) is 4.88. The molecule has 0 bridgehead atoms. The molecule has 3 rings (SSSR count). The van der Waals surface area contributed by atoms with E-state index in [0.717, 1.165) is 22.2 Å². The molecule has 1 heterocycles. The molecule has 0 aliphatic heterocycles. The fourth-order valence-electron chi connectivity index (χ4n) is 1.89. The topological polar surface area (TPSA) is 29.0 Å². The van der Waals surface area contributed by atoms with Gasteiger partial charge in [-0.3, -0.25) is 0 Å². The van der Waals surface area contributed by atoms with Crippen LogP contribution in [-0.4, -0.2) is 22.8 Å². The van der Waals surface area contributed by atoms with E-state index in [9.17, 15) is 0 Å². The molecule has 3 aromatic rings. The molecule has 98 valence electrons. The predicted octanol–water partition coefficient (Wildman–Crippen LogP) is 3.16. The van der Waals surface area contributed by atoms with Crippen molar-refractivity contribution in [2.45, 2.75) is 0 Å². The highest BCUT2D eigenvalue weighted by atomic mass is 32.1. The Hall–Kier alpha value is -2.38. The minimum Gasteiger partial charge on any atom is -0.378 e. The van der Waals surface area contributed by atoms with Crippen LogP contribution < -0.4 is 4.90 Å². The highest BCUT2D eigenvalue weighted by molar-refractivity contribution is 7.00. The third-order valence-electron chi connectivity index (χ3n) is 3.01. The molecule has 1 aromatic heterocycles. The number of rotatable bonds is 1. The van der Waals surface area contributed by atoms with E-state index in [4.69, 9.17) is 0 Å². The molecule has 0 aliphatic carbocycles. The summed E-state index contributed by atoms with van der Waals surface area (Å²) in [6.45, 7) is 0. The maximum absolute atomic E-state index is 4.29. The van der Waals surface area contributed by atoms with Gasteiger partial charge in [-0.05, 0) is 36.4 Å². The van der Waals surface area contributed by atoms with Gasteiger partial charge in [0.1, 0.15) is 11.0 Å². The molecule has 0 radical (unpaired) electrons. The summed E-state index contributed by atoms with van der Waals surface area (Å²) in [6, 6.07) is 14.1. The molecular formula is C16H13N3S. The number of hydrogen-bond acceptors (Lipinski definition) is 4. The van der Waals surface area contributed by atoms with Crippen LogP contribution in [0.15, 0.2) is 42.5 Å². The van der Waals surface area contributed by atoms with E-state index >= 15 is 0 Å². The molecule has 0 saturated carbocycles. The zero-order chi connectivity index (χ0) is 13.9. The lowest BCUT2D eigenvalue weighted by Gasteiger charge is -2.11. The van der Waals surface area contributed by atoms with Gasteiger partial charge in [-0.15, -0.1) is 0 Å². The maximum Gasteiger partial charge on any atom is 0.120 e. The molecular weight excluding hydrogens is 266 g/mol. The quantitative estimate of drug-likeness (QED) is 0.641. The number of anilines is 1. The van der Waals surface area contributed by atoms with Gasteiger partial charge in [0, 0.05) is 25.3 Å². The molecule has 3 nitrogen and oxygen atoms in total. The Morgan fingerprint density at radius 1 is 0.950 bits per heavy atom. The normalized spacial score (nSPS) is 10.1. The highest BCUT2D eigenvalue weighted by Crippen LogP contribution is 2.16. The minimum absolute atomic E-state index is 0.884. The van der Waals surface area contributed by atoms with Crippen molar-refractivity contribution in [3.8, 4) is 11.8 Å². The largest absolute Gasteiger partial charge is 0.378 e. The van der Waals surface area contributed by atoms with Crippen molar-refractivity contribution in [2.75, 3.05) is 19.0 Å². The smallest absolute Gasteiger partial charge is 0.120 e. The summed E-state index contributed by atoms with van der Waals surface area (Å²) in [6.07, 6.45) is 0. The third-order valence-corrected chi connectivity index (χ3v) is 3.55. The molecule has 4 heteroatoms.